The minimum atomic E-state index is -0.859. The Balaban J connectivity index is 2.21. The molecule has 0 aliphatic carbocycles. The summed E-state index contributed by atoms with van der Waals surface area (Å²) in [6.07, 6.45) is 0.988. The van der Waals surface area contributed by atoms with Crippen molar-refractivity contribution in [1.29, 1.82) is 0 Å². The summed E-state index contributed by atoms with van der Waals surface area (Å²) in [6.45, 7) is 1.97. The zero-order valence-electron chi connectivity index (χ0n) is 10.6. The molecular formula is C14H16F2N2O. The molecule has 0 bridgehead atoms. The van der Waals surface area contributed by atoms with Crippen molar-refractivity contribution in [3.63, 3.8) is 0 Å². The van der Waals surface area contributed by atoms with Crippen LogP contribution in [0.4, 0.5) is 8.78 Å². The van der Waals surface area contributed by atoms with E-state index >= 15 is 0 Å². The van der Waals surface area contributed by atoms with E-state index in [1.807, 2.05) is 13.0 Å². The molecule has 0 spiro atoms. The number of furan rings is 1. The maximum absolute atomic E-state index is 13.6. The van der Waals surface area contributed by atoms with E-state index in [1.54, 1.807) is 6.07 Å². The summed E-state index contributed by atoms with van der Waals surface area (Å²) < 4.78 is 32.3. The third-order valence-electron chi connectivity index (χ3n) is 3.03. The summed E-state index contributed by atoms with van der Waals surface area (Å²) in [4.78, 5) is 0. The second-order valence-electron chi connectivity index (χ2n) is 4.29. The van der Waals surface area contributed by atoms with Gasteiger partial charge in [0.2, 0.25) is 0 Å². The van der Waals surface area contributed by atoms with E-state index in [4.69, 9.17) is 10.3 Å². The van der Waals surface area contributed by atoms with E-state index in [0.29, 0.717) is 5.76 Å². The van der Waals surface area contributed by atoms with Gasteiger partial charge in [0.25, 0.3) is 0 Å². The molecule has 0 saturated carbocycles. The normalized spacial score (nSPS) is 12.6. The molecule has 2 aromatic rings. The van der Waals surface area contributed by atoms with Gasteiger partial charge in [-0.15, -0.1) is 0 Å². The Morgan fingerprint density at radius 2 is 2.05 bits per heavy atom. The molecule has 102 valence electrons. The van der Waals surface area contributed by atoms with Crippen LogP contribution >= 0.6 is 0 Å². The predicted octanol–water partition coefficient (Wildman–Crippen LogP) is 2.87. The minimum Gasteiger partial charge on any atom is -0.464 e. The van der Waals surface area contributed by atoms with Gasteiger partial charge in [0.05, 0.1) is 6.04 Å². The van der Waals surface area contributed by atoms with Crippen LogP contribution in [0.25, 0.3) is 0 Å². The molecule has 2 rings (SSSR count). The van der Waals surface area contributed by atoms with E-state index < -0.39 is 17.7 Å². The summed E-state index contributed by atoms with van der Waals surface area (Å²) in [5, 5.41) is 0. The number of hydrazine groups is 1. The maximum atomic E-state index is 13.6. The van der Waals surface area contributed by atoms with Crippen LogP contribution in [0.1, 0.15) is 30.0 Å². The molecule has 0 radical (unpaired) electrons. The van der Waals surface area contributed by atoms with Crippen LogP contribution in [-0.4, -0.2) is 0 Å². The molecule has 1 unspecified atom stereocenters. The highest BCUT2D eigenvalue weighted by Crippen LogP contribution is 2.22. The molecule has 5 heteroatoms. The van der Waals surface area contributed by atoms with Crippen molar-refractivity contribution in [3.8, 4) is 0 Å². The molecule has 1 aromatic carbocycles. The lowest BCUT2D eigenvalue weighted by Gasteiger charge is -2.14. The molecule has 1 aromatic heterocycles. The van der Waals surface area contributed by atoms with Gasteiger partial charge in [-0.25, -0.2) is 14.2 Å². The molecule has 3 nitrogen and oxygen atoms in total. The van der Waals surface area contributed by atoms with Crippen molar-refractivity contribution < 1.29 is 13.2 Å². The Morgan fingerprint density at radius 3 is 2.68 bits per heavy atom. The lowest BCUT2D eigenvalue weighted by Crippen LogP contribution is -2.29. The number of rotatable bonds is 5. The highest BCUT2D eigenvalue weighted by atomic mass is 19.2. The summed E-state index contributed by atoms with van der Waals surface area (Å²) in [7, 11) is 0. The number of hydrogen-bond acceptors (Lipinski definition) is 3. The Kier molecular flexibility index (Phi) is 4.29. The Labute approximate surface area is 110 Å². The zero-order valence-corrected chi connectivity index (χ0v) is 10.6. The summed E-state index contributed by atoms with van der Waals surface area (Å²) in [5.74, 6) is 5.21. The van der Waals surface area contributed by atoms with Crippen molar-refractivity contribution in [1.82, 2.24) is 5.43 Å². The monoisotopic (exact) mass is 266 g/mol. The van der Waals surface area contributed by atoms with Gasteiger partial charge in [-0.1, -0.05) is 19.1 Å². The number of halogens is 2. The molecule has 0 fully saturated rings. The van der Waals surface area contributed by atoms with Crippen LogP contribution in [0.3, 0.4) is 0 Å². The Morgan fingerprint density at radius 1 is 1.26 bits per heavy atom. The van der Waals surface area contributed by atoms with Crippen molar-refractivity contribution >= 4 is 0 Å². The number of hydrogen-bond donors (Lipinski definition) is 2. The summed E-state index contributed by atoms with van der Waals surface area (Å²) in [6, 6.07) is 7.35. The Bertz CT molecular complexity index is 554. The molecule has 1 heterocycles. The molecule has 0 amide bonds. The number of nitrogens with one attached hydrogen (secondary N) is 1. The van der Waals surface area contributed by atoms with E-state index in [-0.39, 0.29) is 12.0 Å². The number of benzene rings is 1. The standard InChI is InChI=1S/C14H16F2N2O/c1-2-10-6-7-13(19-10)12(18-17)8-9-4-3-5-11(15)14(9)16/h3-7,12,18H,2,8,17H2,1H3. The molecule has 0 aliphatic heterocycles. The summed E-state index contributed by atoms with van der Waals surface area (Å²) >= 11 is 0. The number of nitrogens with two attached hydrogens (primary N) is 1. The van der Waals surface area contributed by atoms with Gasteiger partial charge in [-0.2, -0.15) is 0 Å². The van der Waals surface area contributed by atoms with Crippen LogP contribution in [0, 0.1) is 11.6 Å². The SMILES string of the molecule is CCc1ccc(C(Cc2cccc(F)c2F)NN)o1. The first-order valence-corrected chi connectivity index (χ1v) is 6.13. The number of aryl methyl sites for hydroxylation is 1. The van der Waals surface area contributed by atoms with E-state index in [1.165, 1.54) is 12.1 Å². The van der Waals surface area contributed by atoms with Crippen molar-refractivity contribution in [2.75, 3.05) is 0 Å². The second-order valence-corrected chi connectivity index (χ2v) is 4.29. The quantitative estimate of drug-likeness (QED) is 0.646. The fourth-order valence-electron chi connectivity index (χ4n) is 1.94. The molecule has 0 aliphatic rings. The van der Waals surface area contributed by atoms with E-state index in [2.05, 4.69) is 5.43 Å². The molecule has 0 saturated heterocycles. The van der Waals surface area contributed by atoms with Gasteiger partial charge in [0.15, 0.2) is 11.6 Å². The van der Waals surface area contributed by atoms with Crippen LogP contribution in [0.2, 0.25) is 0 Å². The average Bonchev–Trinajstić information content (AvgIpc) is 2.89. The van der Waals surface area contributed by atoms with Gasteiger partial charge in [-0.05, 0) is 30.2 Å². The van der Waals surface area contributed by atoms with Crippen LogP contribution in [0.5, 0.6) is 0 Å². The van der Waals surface area contributed by atoms with Gasteiger partial charge in [0.1, 0.15) is 11.5 Å². The van der Waals surface area contributed by atoms with Crippen LogP contribution in [-0.2, 0) is 12.8 Å². The zero-order chi connectivity index (χ0) is 13.8. The lowest BCUT2D eigenvalue weighted by molar-refractivity contribution is 0.391. The van der Waals surface area contributed by atoms with Gasteiger partial charge >= 0.3 is 0 Å². The fraction of sp³-hybridized carbons (Fsp3) is 0.286. The third-order valence-corrected chi connectivity index (χ3v) is 3.03. The first-order valence-electron chi connectivity index (χ1n) is 6.13. The second kappa shape index (κ2) is 5.95. The van der Waals surface area contributed by atoms with E-state index in [0.717, 1.165) is 18.2 Å². The lowest BCUT2D eigenvalue weighted by atomic mass is 10.0. The van der Waals surface area contributed by atoms with Crippen molar-refractivity contribution in [3.05, 3.63) is 59.1 Å². The fourth-order valence-corrected chi connectivity index (χ4v) is 1.94. The van der Waals surface area contributed by atoms with Crippen LogP contribution < -0.4 is 11.3 Å². The van der Waals surface area contributed by atoms with Gasteiger partial charge in [-0.3, -0.25) is 5.84 Å². The van der Waals surface area contributed by atoms with Crippen molar-refractivity contribution in [2.24, 2.45) is 5.84 Å². The first kappa shape index (κ1) is 13.7. The molecule has 19 heavy (non-hydrogen) atoms. The van der Waals surface area contributed by atoms with E-state index in [9.17, 15) is 8.78 Å². The predicted molar refractivity (Wildman–Crippen MR) is 68.2 cm³/mol. The Hall–Kier alpha value is -1.72. The third kappa shape index (κ3) is 3.00. The van der Waals surface area contributed by atoms with Gasteiger partial charge < -0.3 is 4.42 Å². The largest absolute Gasteiger partial charge is 0.464 e. The maximum Gasteiger partial charge on any atom is 0.162 e. The minimum absolute atomic E-state index is 0.219. The summed E-state index contributed by atoms with van der Waals surface area (Å²) in [5.41, 5.74) is 2.83. The van der Waals surface area contributed by atoms with Gasteiger partial charge in [0, 0.05) is 6.42 Å². The van der Waals surface area contributed by atoms with Crippen LogP contribution in [0.15, 0.2) is 34.7 Å². The molecular weight excluding hydrogens is 250 g/mol. The van der Waals surface area contributed by atoms with Crippen molar-refractivity contribution in [2.45, 2.75) is 25.8 Å². The first-order chi connectivity index (χ1) is 9.15. The smallest absolute Gasteiger partial charge is 0.162 e. The average molecular weight is 266 g/mol. The highest BCUT2D eigenvalue weighted by molar-refractivity contribution is 5.22. The molecule has 1 atom stereocenters. The highest BCUT2D eigenvalue weighted by Gasteiger charge is 2.18. The molecule has 3 N–H and O–H groups in total. The topological polar surface area (TPSA) is 51.2 Å².